The summed E-state index contributed by atoms with van der Waals surface area (Å²) in [5.74, 6) is 1.94. The maximum atomic E-state index is 5.48. The van der Waals surface area contributed by atoms with Gasteiger partial charge in [-0.15, -0.1) is 0 Å². The van der Waals surface area contributed by atoms with Gasteiger partial charge in [-0.25, -0.2) is 9.97 Å². The second kappa shape index (κ2) is 9.46. The maximum absolute atomic E-state index is 5.48. The minimum atomic E-state index is -0.119. The lowest BCUT2D eigenvalue weighted by Gasteiger charge is -2.26. The maximum Gasteiger partial charge on any atom is 0.220 e. The topological polar surface area (TPSA) is 43.4 Å². The van der Waals surface area contributed by atoms with E-state index in [0.717, 1.165) is 33.6 Å². The molecule has 270 valence electrons. The van der Waals surface area contributed by atoms with Crippen LogP contribution in [0.4, 0.5) is 0 Å². The van der Waals surface area contributed by atoms with Gasteiger partial charge in [0.2, 0.25) is 11.6 Å². The van der Waals surface area contributed by atoms with Gasteiger partial charge in [0.15, 0.2) is 0 Å². The Labute approximate surface area is 314 Å². The highest BCUT2D eigenvalue weighted by molar-refractivity contribution is 6.37. The predicted octanol–water partition coefficient (Wildman–Crippen LogP) is 12.5. The molecule has 0 bridgehead atoms. The van der Waals surface area contributed by atoms with E-state index in [1.54, 1.807) is 0 Å². The molecule has 0 saturated heterocycles. The summed E-state index contributed by atoms with van der Waals surface area (Å²) in [6, 6.07) is 27.3. The summed E-state index contributed by atoms with van der Waals surface area (Å²) in [5.41, 5.74) is 16.8. The van der Waals surface area contributed by atoms with E-state index in [1.807, 2.05) is 0 Å². The Morgan fingerprint density at radius 2 is 0.704 bits per heavy atom. The number of aromatic nitrogens is 6. The van der Waals surface area contributed by atoms with Crippen LogP contribution in [0, 0.1) is 0 Å². The average Bonchev–Trinajstić information content (AvgIpc) is 3.89. The molecule has 6 aromatic heterocycles. The van der Waals surface area contributed by atoms with Gasteiger partial charge in [-0.2, -0.15) is 0 Å². The molecule has 0 unspecified atom stereocenters. The van der Waals surface area contributed by atoms with Crippen molar-refractivity contribution in [2.24, 2.45) is 0 Å². The lowest BCUT2D eigenvalue weighted by molar-refractivity contribution is 0.572. The summed E-state index contributed by atoms with van der Waals surface area (Å²) in [4.78, 5) is 11.0. The number of benzene rings is 5. The Hall–Kier alpha value is -5.36. The monoisotopic (exact) mass is 708 g/mol. The van der Waals surface area contributed by atoms with Gasteiger partial charge in [0.1, 0.15) is 0 Å². The van der Waals surface area contributed by atoms with Crippen LogP contribution in [0.3, 0.4) is 0 Å². The molecule has 0 aliphatic heterocycles. The number of nitrogens with zero attached hydrogens (tertiary/aromatic N) is 6. The van der Waals surface area contributed by atoms with Gasteiger partial charge in [-0.1, -0.05) is 119 Å². The second-order valence-corrected chi connectivity index (χ2v) is 20.1. The fourth-order valence-corrected chi connectivity index (χ4v) is 9.65. The Morgan fingerprint density at radius 1 is 0.370 bits per heavy atom. The van der Waals surface area contributed by atoms with Crippen molar-refractivity contribution in [2.75, 3.05) is 0 Å². The first-order valence-corrected chi connectivity index (χ1v) is 19.5. The normalized spacial score (nSPS) is 14.3. The Bertz CT molecular complexity index is 3170. The zero-order chi connectivity index (χ0) is 37.8. The van der Waals surface area contributed by atoms with Crippen molar-refractivity contribution in [3.8, 4) is 0 Å². The molecule has 0 spiro atoms. The van der Waals surface area contributed by atoms with E-state index in [1.165, 1.54) is 76.9 Å². The lowest BCUT2D eigenvalue weighted by atomic mass is 9.78. The SMILES string of the molecule is CC(C)(C)c1cc(C(C)(C)C)c2c3c4c5c(c6c(C(C)(C)C)cc(C(C)(C)C)cc6n5c5nc6ccccc6n45)c4c3n(c2c1)c1nc2ccccc2n41. The molecule has 11 rings (SSSR count). The zero-order valence-electron chi connectivity index (χ0n) is 33.6. The number of para-hydroxylation sites is 4. The van der Waals surface area contributed by atoms with Crippen molar-refractivity contribution in [3.63, 3.8) is 0 Å². The van der Waals surface area contributed by atoms with E-state index >= 15 is 0 Å². The molecule has 6 nitrogen and oxygen atoms in total. The predicted molar refractivity (Wildman–Crippen MR) is 228 cm³/mol. The van der Waals surface area contributed by atoms with Crippen LogP contribution >= 0.6 is 0 Å². The standard InChI is InChI=1S/C48H48N6/c1-45(2,3)25-21-27(47(7,8)9)35-33(23-25)53-41-37(35)39-42-38(40(41)51-31-19-15-13-17-29(31)49-43(51)53)36-28(48(10,11)12)22-26(46(4,5)6)24-34(36)54(42)44-50-30-18-14-16-20-32(30)52(39)44/h13-24H,1-12H3. The third kappa shape index (κ3) is 3.76. The van der Waals surface area contributed by atoms with Gasteiger partial charge in [-0.05, 0) is 80.3 Å². The third-order valence-electron chi connectivity index (χ3n) is 12.3. The minimum Gasteiger partial charge on any atom is -0.277 e. The summed E-state index contributed by atoms with van der Waals surface area (Å²) >= 11 is 0. The van der Waals surface area contributed by atoms with Crippen molar-refractivity contribution in [1.29, 1.82) is 0 Å². The molecule has 6 heteroatoms. The van der Waals surface area contributed by atoms with E-state index in [0.29, 0.717) is 0 Å². The highest BCUT2D eigenvalue weighted by atomic mass is 15.2. The van der Waals surface area contributed by atoms with Crippen LogP contribution in [0.2, 0.25) is 0 Å². The molecule has 0 aliphatic carbocycles. The molecule has 6 heterocycles. The Kier molecular flexibility index (Phi) is 5.63. The van der Waals surface area contributed by atoms with Gasteiger partial charge in [-0.3, -0.25) is 17.6 Å². The molecule has 0 fully saturated rings. The van der Waals surface area contributed by atoms with E-state index in [2.05, 4.69) is 173 Å². The second-order valence-electron chi connectivity index (χ2n) is 20.1. The van der Waals surface area contributed by atoms with Gasteiger partial charge in [0.25, 0.3) is 0 Å². The van der Waals surface area contributed by atoms with Crippen LogP contribution in [0.15, 0.2) is 72.8 Å². The molecule has 0 saturated carbocycles. The lowest BCUT2D eigenvalue weighted by Crippen LogP contribution is -2.17. The van der Waals surface area contributed by atoms with Crippen molar-refractivity contribution in [3.05, 3.63) is 95.1 Å². The van der Waals surface area contributed by atoms with Crippen LogP contribution < -0.4 is 0 Å². The fraction of sp³-hybridized carbons (Fsp3) is 0.333. The molecule has 0 amide bonds. The van der Waals surface area contributed by atoms with E-state index in [-0.39, 0.29) is 21.7 Å². The van der Waals surface area contributed by atoms with Gasteiger partial charge < -0.3 is 0 Å². The Balaban J connectivity index is 1.59. The first-order valence-electron chi connectivity index (χ1n) is 19.5. The average molecular weight is 709 g/mol. The summed E-state index contributed by atoms with van der Waals surface area (Å²) in [7, 11) is 0. The van der Waals surface area contributed by atoms with Crippen LogP contribution in [0.1, 0.15) is 105 Å². The summed E-state index contributed by atoms with van der Waals surface area (Å²) < 4.78 is 9.98. The van der Waals surface area contributed by atoms with Gasteiger partial charge in [0.05, 0.1) is 55.2 Å². The molecular weight excluding hydrogens is 661 g/mol. The van der Waals surface area contributed by atoms with Gasteiger partial charge in [0, 0.05) is 21.5 Å². The number of hydrogen-bond donors (Lipinski definition) is 0. The first-order chi connectivity index (χ1) is 25.4. The smallest absolute Gasteiger partial charge is 0.220 e. The summed E-state index contributed by atoms with van der Waals surface area (Å²) in [6.45, 7) is 28.2. The van der Waals surface area contributed by atoms with Crippen LogP contribution in [-0.4, -0.2) is 27.6 Å². The van der Waals surface area contributed by atoms with Crippen molar-refractivity contribution >= 4 is 88.3 Å². The Morgan fingerprint density at radius 3 is 1.04 bits per heavy atom. The van der Waals surface area contributed by atoms with Gasteiger partial charge >= 0.3 is 0 Å². The van der Waals surface area contributed by atoms with Crippen molar-refractivity contribution < 1.29 is 0 Å². The molecule has 5 aromatic carbocycles. The highest BCUT2D eigenvalue weighted by Gasteiger charge is 2.36. The molecule has 0 radical (unpaired) electrons. The zero-order valence-corrected chi connectivity index (χ0v) is 33.6. The molecule has 0 atom stereocenters. The minimum absolute atomic E-state index is 0.0408. The third-order valence-corrected chi connectivity index (χ3v) is 12.3. The molecule has 54 heavy (non-hydrogen) atoms. The van der Waals surface area contributed by atoms with Crippen LogP contribution in [0.25, 0.3) is 88.3 Å². The fourth-order valence-electron chi connectivity index (χ4n) is 9.65. The van der Waals surface area contributed by atoms with Crippen molar-refractivity contribution in [2.45, 2.75) is 105 Å². The van der Waals surface area contributed by atoms with Crippen molar-refractivity contribution in [1.82, 2.24) is 27.6 Å². The first kappa shape index (κ1) is 32.1. The highest BCUT2D eigenvalue weighted by Crippen LogP contribution is 2.52. The van der Waals surface area contributed by atoms with E-state index < -0.39 is 0 Å². The summed E-state index contributed by atoms with van der Waals surface area (Å²) in [6.07, 6.45) is 0. The quantitative estimate of drug-likeness (QED) is 0.157. The molecule has 0 aliphatic rings. The van der Waals surface area contributed by atoms with E-state index in [9.17, 15) is 0 Å². The van der Waals surface area contributed by atoms with E-state index in [4.69, 9.17) is 9.97 Å². The summed E-state index contributed by atoms with van der Waals surface area (Å²) in [5, 5.41) is 5.20. The van der Waals surface area contributed by atoms with Crippen LogP contribution in [0.5, 0.6) is 0 Å². The molecule has 11 aromatic rings. The molecule has 0 N–H and O–H groups in total. The number of fused-ring (bicyclic) bond motifs is 18. The van der Waals surface area contributed by atoms with Crippen LogP contribution in [-0.2, 0) is 21.7 Å². The molecular formula is C48H48N6. The largest absolute Gasteiger partial charge is 0.277 e. The number of hydrogen-bond acceptors (Lipinski definition) is 2. The number of rotatable bonds is 0. The number of imidazole rings is 4.